The van der Waals surface area contributed by atoms with Gasteiger partial charge < -0.3 is 20.1 Å². The smallest absolute Gasteiger partial charge is 0.408 e. The summed E-state index contributed by atoms with van der Waals surface area (Å²) >= 11 is 0. The lowest BCUT2D eigenvalue weighted by Crippen LogP contribution is -2.58. The van der Waals surface area contributed by atoms with Crippen LogP contribution in [0.3, 0.4) is 0 Å². The molecule has 1 aliphatic heterocycles. The van der Waals surface area contributed by atoms with Gasteiger partial charge >= 0.3 is 12.1 Å². The van der Waals surface area contributed by atoms with Crippen molar-refractivity contribution < 1.29 is 24.2 Å². The van der Waals surface area contributed by atoms with E-state index in [0.717, 1.165) is 22.3 Å². The second-order valence-corrected chi connectivity index (χ2v) is 9.88. The third-order valence-corrected chi connectivity index (χ3v) is 7.22. The van der Waals surface area contributed by atoms with E-state index in [-0.39, 0.29) is 25.0 Å². The summed E-state index contributed by atoms with van der Waals surface area (Å²) in [7, 11) is 0. The molecule has 0 saturated carbocycles. The Labute approximate surface area is 200 Å². The fraction of sp³-hybridized carbons (Fsp3) is 0.444. The lowest BCUT2D eigenvalue weighted by Gasteiger charge is -2.33. The van der Waals surface area contributed by atoms with Crippen LogP contribution >= 0.6 is 0 Å². The van der Waals surface area contributed by atoms with Gasteiger partial charge in [-0.25, -0.2) is 4.79 Å². The summed E-state index contributed by atoms with van der Waals surface area (Å²) in [6.07, 6.45) is 0.847. The summed E-state index contributed by atoms with van der Waals surface area (Å²) in [6.45, 7) is 5.93. The highest BCUT2D eigenvalue weighted by Gasteiger charge is 2.47. The molecule has 0 spiro atoms. The van der Waals surface area contributed by atoms with E-state index in [2.05, 4.69) is 29.6 Å². The number of rotatable bonds is 7. The van der Waals surface area contributed by atoms with Gasteiger partial charge in [-0.1, -0.05) is 61.9 Å². The van der Waals surface area contributed by atoms with Crippen molar-refractivity contribution in [1.29, 1.82) is 0 Å². The fourth-order valence-electron chi connectivity index (χ4n) is 5.24. The van der Waals surface area contributed by atoms with E-state index in [0.29, 0.717) is 25.8 Å². The average Bonchev–Trinajstić information content (AvgIpc) is 3.37. The number of ether oxygens (including phenoxy) is 1. The van der Waals surface area contributed by atoms with Gasteiger partial charge in [0.15, 0.2) is 0 Å². The van der Waals surface area contributed by atoms with Crippen LogP contribution in [0.5, 0.6) is 0 Å². The fourth-order valence-corrected chi connectivity index (χ4v) is 5.24. The van der Waals surface area contributed by atoms with E-state index in [1.807, 2.05) is 31.2 Å². The number of fused-ring (bicyclic) bond motifs is 3. The molecule has 1 aliphatic carbocycles. The van der Waals surface area contributed by atoms with Crippen molar-refractivity contribution in [2.24, 2.45) is 5.41 Å². The van der Waals surface area contributed by atoms with E-state index in [1.54, 1.807) is 18.7 Å². The molecule has 34 heavy (non-hydrogen) atoms. The van der Waals surface area contributed by atoms with E-state index < -0.39 is 23.0 Å². The zero-order valence-electron chi connectivity index (χ0n) is 20.0. The molecular weight excluding hydrogens is 432 g/mol. The minimum absolute atomic E-state index is 0.0684. The predicted octanol–water partition coefficient (Wildman–Crippen LogP) is 4.41. The van der Waals surface area contributed by atoms with Crippen molar-refractivity contribution >= 4 is 18.0 Å². The number of hydrogen-bond acceptors (Lipinski definition) is 4. The molecule has 2 aliphatic rings. The predicted molar refractivity (Wildman–Crippen MR) is 128 cm³/mol. The van der Waals surface area contributed by atoms with Crippen molar-refractivity contribution in [3.05, 3.63) is 59.7 Å². The summed E-state index contributed by atoms with van der Waals surface area (Å²) in [5, 5.41) is 12.3. The quantitative estimate of drug-likeness (QED) is 0.633. The van der Waals surface area contributed by atoms with Gasteiger partial charge in [-0.3, -0.25) is 9.59 Å². The van der Waals surface area contributed by atoms with Gasteiger partial charge in [0.05, 0.1) is 5.41 Å². The van der Waals surface area contributed by atoms with Crippen molar-refractivity contribution in [2.45, 2.75) is 51.5 Å². The molecule has 0 bridgehead atoms. The average molecular weight is 465 g/mol. The van der Waals surface area contributed by atoms with E-state index in [4.69, 9.17) is 4.74 Å². The van der Waals surface area contributed by atoms with Crippen LogP contribution < -0.4 is 5.32 Å². The largest absolute Gasteiger partial charge is 0.481 e. The lowest BCUT2D eigenvalue weighted by molar-refractivity contribution is -0.147. The first-order valence-electron chi connectivity index (χ1n) is 11.8. The molecule has 2 aromatic rings. The molecule has 180 valence electrons. The Morgan fingerprint density at radius 3 is 2.24 bits per heavy atom. The molecule has 1 heterocycles. The number of carboxylic acid groups (broad SMARTS) is 1. The van der Waals surface area contributed by atoms with Crippen LogP contribution in [0, 0.1) is 5.41 Å². The number of aliphatic carboxylic acids is 1. The maximum Gasteiger partial charge on any atom is 0.408 e. The number of likely N-dealkylation sites (tertiary alicyclic amines) is 1. The van der Waals surface area contributed by atoms with Crippen LogP contribution in [0.25, 0.3) is 11.1 Å². The standard InChI is InChI=1S/C27H32N2O5/c1-4-13-27(3,23(30)29-15-14-26(2,17-29)24(31)32)28-25(33)34-16-22-20-11-7-5-9-18(20)19-10-6-8-12-21(19)22/h5-12,22H,4,13-17H2,1-3H3,(H,28,33)(H,31,32). The van der Waals surface area contributed by atoms with Crippen molar-refractivity contribution in [1.82, 2.24) is 10.2 Å². The summed E-state index contributed by atoms with van der Waals surface area (Å²) < 4.78 is 5.66. The number of carbonyl (C=O) groups excluding carboxylic acids is 2. The molecule has 7 heteroatoms. The monoisotopic (exact) mass is 464 g/mol. The lowest BCUT2D eigenvalue weighted by atomic mass is 9.90. The number of amides is 2. The highest BCUT2D eigenvalue weighted by Crippen LogP contribution is 2.44. The third kappa shape index (κ3) is 4.27. The molecule has 2 amide bonds. The SMILES string of the molecule is CCCC(C)(NC(=O)OCC1c2ccccc2-c2ccccc21)C(=O)N1CCC(C)(C(=O)O)C1. The maximum atomic E-state index is 13.4. The van der Waals surface area contributed by atoms with Crippen LogP contribution in [-0.2, 0) is 14.3 Å². The number of alkyl carbamates (subject to hydrolysis) is 1. The Balaban J connectivity index is 1.45. The first-order chi connectivity index (χ1) is 16.2. The molecule has 4 rings (SSSR count). The topological polar surface area (TPSA) is 95.9 Å². The van der Waals surface area contributed by atoms with Gasteiger partial charge in [-0.2, -0.15) is 0 Å². The Morgan fingerprint density at radius 1 is 1.12 bits per heavy atom. The summed E-state index contributed by atoms with van der Waals surface area (Å²) in [5.41, 5.74) is 2.40. The second-order valence-electron chi connectivity index (χ2n) is 9.88. The minimum Gasteiger partial charge on any atom is -0.481 e. The zero-order chi connectivity index (χ0) is 24.5. The molecule has 1 saturated heterocycles. The third-order valence-electron chi connectivity index (χ3n) is 7.22. The van der Waals surface area contributed by atoms with Crippen LogP contribution in [-0.4, -0.2) is 53.2 Å². The minimum atomic E-state index is -1.17. The Kier molecular flexibility index (Phi) is 6.39. The number of hydrogen-bond donors (Lipinski definition) is 2. The van der Waals surface area contributed by atoms with Crippen LogP contribution in [0.1, 0.15) is 57.1 Å². The first kappa shape index (κ1) is 23.8. The van der Waals surface area contributed by atoms with Crippen LogP contribution in [0.15, 0.2) is 48.5 Å². The molecule has 2 aromatic carbocycles. The summed E-state index contributed by atoms with van der Waals surface area (Å²) in [5.74, 6) is -1.25. The van der Waals surface area contributed by atoms with E-state index in [9.17, 15) is 19.5 Å². The summed E-state index contributed by atoms with van der Waals surface area (Å²) in [4.78, 5) is 39.4. The first-order valence-corrected chi connectivity index (χ1v) is 11.8. The highest BCUT2D eigenvalue weighted by atomic mass is 16.5. The molecule has 1 fully saturated rings. The number of benzene rings is 2. The molecule has 0 aromatic heterocycles. The van der Waals surface area contributed by atoms with Crippen molar-refractivity contribution in [3.63, 3.8) is 0 Å². The Hall–Kier alpha value is -3.35. The van der Waals surface area contributed by atoms with Crippen molar-refractivity contribution in [2.75, 3.05) is 19.7 Å². The molecule has 2 unspecified atom stereocenters. The molecule has 2 atom stereocenters. The number of nitrogens with zero attached hydrogens (tertiary/aromatic N) is 1. The normalized spacial score (nSPS) is 20.9. The van der Waals surface area contributed by atoms with Crippen LogP contribution in [0.2, 0.25) is 0 Å². The van der Waals surface area contributed by atoms with Crippen LogP contribution in [0.4, 0.5) is 4.79 Å². The Morgan fingerprint density at radius 2 is 1.71 bits per heavy atom. The summed E-state index contributed by atoms with van der Waals surface area (Å²) in [6, 6.07) is 16.2. The number of carboxylic acids is 1. The van der Waals surface area contributed by atoms with Gasteiger partial charge in [0, 0.05) is 19.0 Å². The Bertz CT molecular complexity index is 1070. The van der Waals surface area contributed by atoms with Gasteiger partial charge in [-0.05, 0) is 48.9 Å². The van der Waals surface area contributed by atoms with Gasteiger partial charge in [0.1, 0.15) is 12.1 Å². The molecule has 2 N–H and O–H groups in total. The second kappa shape index (κ2) is 9.12. The molecule has 0 radical (unpaired) electrons. The molecule has 7 nitrogen and oxygen atoms in total. The molecular formula is C27H32N2O5. The zero-order valence-corrected chi connectivity index (χ0v) is 20.0. The van der Waals surface area contributed by atoms with Gasteiger partial charge in [0.25, 0.3) is 0 Å². The van der Waals surface area contributed by atoms with Gasteiger partial charge in [-0.15, -0.1) is 0 Å². The van der Waals surface area contributed by atoms with E-state index >= 15 is 0 Å². The number of nitrogens with one attached hydrogen (secondary N) is 1. The number of carbonyl (C=O) groups is 3. The van der Waals surface area contributed by atoms with Gasteiger partial charge in [0.2, 0.25) is 5.91 Å². The van der Waals surface area contributed by atoms with Crippen molar-refractivity contribution in [3.8, 4) is 11.1 Å². The highest BCUT2D eigenvalue weighted by molar-refractivity contribution is 5.90. The van der Waals surface area contributed by atoms with E-state index in [1.165, 1.54) is 0 Å². The maximum absolute atomic E-state index is 13.4.